The molecule has 6 rings (SSSR count). The van der Waals surface area contributed by atoms with E-state index in [1.165, 1.54) is 4.90 Å². The lowest BCUT2D eigenvalue weighted by Crippen LogP contribution is -2.55. The summed E-state index contributed by atoms with van der Waals surface area (Å²) in [4.78, 5) is 26.3. The number of nitrogens with zero attached hydrogens (tertiary/aromatic N) is 5. The van der Waals surface area contributed by atoms with Gasteiger partial charge in [-0.2, -0.15) is 9.97 Å². The van der Waals surface area contributed by atoms with Crippen molar-refractivity contribution in [1.29, 1.82) is 0 Å². The second-order valence-corrected chi connectivity index (χ2v) is 11.3. The summed E-state index contributed by atoms with van der Waals surface area (Å²) in [7, 11) is 0. The van der Waals surface area contributed by atoms with E-state index in [2.05, 4.69) is 30.7 Å². The van der Waals surface area contributed by atoms with Gasteiger partial charge >= 0.3 is 12.1 Å². The molecule has 2 unspecified atom stereocenters. The Bertz CT molecular complexity index is 1190. The summed E-state index contributed by atoms with van der Waals surface area (Å²) in [5.74, 6) is -0.116. The SMILES string of the molecule is O=C(O)N1CC2CCC(C1)N2c1nc(OC[C@@]23CCCN2C[C@H](F)C3)nc2c(F)c(Br)c(Cl)cc12. The summed E-state index contributed by atoms with van der Waals surface area (Å²) in [6.45, 7) is 2.16. The highest BCUT2D eigenvalue weighted by Crippen LogP contribution is 2.43. The molecule has 0 saturated carbocycles. The predicted octanol–water partition coefficient (Wildman–Crippen LogP) is 4.47. The van der Waals surface area contributed by atoms with Gasteiger partial charge in [-0.3, -0.25) is 4.90 Å². The molecule has 0 spiro atoms. The van der Waals surface area contributed by atoms with Gasteiger partial charge in [0.15, 0.2) is 5.82 Å². The highest BCUT2D eigenvalue weighted by atomic mass is 79.9. The third-order valence-corrected chi connectivity index (χ3v) is 9.32. The third kappa shape index (κ3) is 3.81. The number of carbonyl (C=O) groups is 1. The Morgan fingerprint density at radius 2 is 2.03 bits per heavy atom. The number of rotatable bonds is 4. The molecule has 4 atom stereocenters. The molecule has 8 nitrogen and oxygen atoms in total. The van der Waals surface area contributed by atoms with E-state index in [1.54, 1.807) is 6.07 Å². The molecule has 0 aliphatic carbocycles. The van der Waals surface area contributed by atoms with Gasteiger partial charge in [0.05, 0.1) is 15.0 Å². The topological polar surface area (TPSA) is 82.0 Å². The van der Waals surface area contributed by atoms with Crippen LogP contribution in [-0.2, 0) is 0 Å². The first-order chi connectivity index (χ1) is 16.8. The van der Waals surface area contributed by atoms with Crippen molar-refractivity contribution >= 4 is 50.3 Å². The molecule has 4 fully saturated rings. The van der Waals surface area contributed by atoms with E-state index in [9.17, 15) is 14.3 Å². The number of piperazine rings is 1. The number of carboxylic acid groups (broad SMARTS) is 1. The van der Waals surface area contributed by atoms with Gasteiger partial charge in [0, 0.05) is 43.5 Å². The number of anilines is 1. The van der Waals surface area contributed by atoms with Crippen LogP contribution in [0.4, 0.5) is 19.4 Å². The summed E-state index contributed by atoms with van der Waals surface area (Å²) in [5.41, 5.74) is -0.305. The lowest BCUT2D eigenvalue weighted by atomic mass is 9.95. The number of likely N-dealkylation sites (tertiary alicyclic amines) is 1. The maximum Gasteiger partial charge on any atom is 0.407 e. The van der Waals surface area contributed by atoms with Gasteiger partial charge in [-0.15, -0.1) is 0 Å². The number of aromatic nitrogens is 2. The van der Waals surface area contributed by atoms with E-state index in [0.29, 0.717) is 37.3 Å². The van der Waals surface area contributed by atoms with Crippen molar-refractivity contribution in [2.24, 2.45) is 0 Å². The summed E-state index contributed by atoms with van der Waals surface area (Å²) in [5, 5.41) is 10.2. The van der Waals surface area contributed by atoms with E-state index in [1.807, 2.05) is 0 Å². The average Bonchev–Trinajstić information content (AvgIpc) is 3.43. The number of hydrogen-bond acceptors (Lipinski definition) is 6. The summed E-state index contributed by atoms with van der Waals surface area (Å²) >= 11 is 9.50. The minimum absolute atomic E-state index is 0.0317. The van der Waals surface area contributed by atoms with Gasteiger partial charge in [0.25, 0.3) is 0 Å². The van der Waals surface area contributed by atoms with Crippen LogP contribution in [0.5, 0.6) is 6.01 Å². The molecule has 188 valence electrons. The molecule has 4 aliphatic heterocycles. The highest BCUT2D eigenvalue weighted by molar-refractivity contribution is 9.10. The molecule has 4 saturated heterocycles. The van der Waals surface area contributed by atoms with Gasteiger partial charge in [0.2, 0.25) is 0 Å². The molecule has 5 heterocycles. The Balaban J connectivity index is 1.39. The fourth-order valence-electron chi connectivity index (χ4n) is 6.45. The molecular weight excluding hydrogens is 548 g/mol. The van der Waals surface area contributed by atoms with Crippen molar-refractivity contribution in [3.05, 3.63) is 21.4 Å². The Morgan fingerprint density at radius 1 is 1.29 bits per heavy atom. The fraction of sp³-hybridized carbons (Fsp3) is 0.609. The first kappa shape index (κ1) is 23.4. The molecule has 35 heavy (non-hydrogen) atoms. The lowest BCUT2D eigenvalue weighted by Gasteiger charge is -2.41. The molecule has 1 amide bonds. The molecule has 12 heteroatoms. The van der Waals surface area contributed by atoms with Crippen molar-refractivity contribution in [3.8, 4) is 6.01 Å². The molecule has 2 aromatic rings. The van der Waals surface area contributed by atoms with E-state index in [-0.39, 0.29) is 45.3 Å². The average molecular weight is 573 g/mol. The minimum Gasteiger partial charge on any atom is -0.465 e. The maximum atomic E-state index is 15.3. The van der Waals surface area contributed by atoms with Gasteiger partial charge in [0.1, 0.15) is 24.1 Å². The largest absolute Gasteiger partial charge is 0.465 e. The Hall–Kier alpha value is -1.98. The fourth-order valence-corrected chi connectivity index (χ4v) is 6.94. The second kappa shape index (κ2) is 8.55. The Labute approximate surface area is 214 Å². The Morgan fingerprint density at radius 3 is 2.74 bits per heavy atom. The van der Waals surface area contributed by atoms with E-state index < -0.39 is 18.1 Å². The highest BCUT2D eigenvalue weighted by Gasteiger charge is 2.49. The van der Waals surface area contributed by atoms with Crippen molar-refractivity contribution in [2.45, 2.75) is 55.9 Å². The van der Waals surface area contributed by atoms with Gasteiger partial charge < -0.3 is 19.6 Å². The van der Waals surface area contributed by atoms with Crippen LogP contribution in [-0.4, -0.2) is 87.5 Å². The van der Waals surface area contributed by atoms with Crippen LogP contribution in [0.1, 0.15) is 32.1 Å². The van der Waals surface area contributed by atoms with E-state index >= 15 is 4.39 Å². The summed E-state index contributed by atoms with van der Waals surface area (Å²) in [6, 6.07) is 1.48. The van der Waals surface area contributed by atoms with Crippen LogP contribution in [0.2, 0.25) is 5.02 Å². The zero-order valence-corrected chi connectivity index (χ0v) is 21.2. The number of benzene rings is 1. The number of amides is 1. The van der Waals surface area contributed by atoms with Gasteiger partial charge in [-0.25, -0.2) is 13.6 Å². The zero-order chi connectivity index (χ0) is 24.5. The van der Waals surface area contributed by atoms with Crippen molar-refractivity contribution in [2.75, 3.05) is 37.7 Å². The van der Waals surface area contributed by atoms with Crippen LogP contribution >= 0.6 is 27.5 Å². The molecule has 0 radical (unpaired) electrons. The molecule has 1 aromatic carbocycles. The number of ether oxygens (including phenoxy) is 1. The van der Waals surface area contributed by atoms with Gasteiger partial charge in [-0.05, 0) is 54.2 Å². The van der Waals surface area contributed by atoms with Crippen LogP contribution < -0.4 is 9.64 Å². The van der Waals surface area contributed by atoms with E-state index in [0.717, 1.165) is 32.2 Å². The number of hydrogen-bond donors (Lipinski definition) is 1. The smallest absolute Gasteiger partial charge is 0.407 e. The number of halogens is 4. The molecule has 1 N–H and O–H groups in total. The molecule has 4 aliphatic rings. The predicted molar refractivity (Wildman–Crippen MR) is 130 cm³/mol. The van der Waals surface area contributed by atoms with Crippen molar-refractivity contribution < 1.29 is 23.4 Å². The van der Waals surface area contributed by atoms with Crippen LogP contribution in [0.3, 0.4) is 0 Å². The van der Waals surface area contributed by atoms with Crippen molar-refractivity contribution in [3.63, 3.8) is 0 Å². The van der Waals surface area contributed by atoms with E-state index in [4.69, 9.17) is 21.3 Å². The van der Waals surface area contributed by atoms with Gasteiger partial charge in [-0.1, -0.05) is 11.6 Å². The Kier molecular flexibility index (Phi) is 5.72. The van der Waals surface area contributed by atoms with Crippen LogP contribution in [0, 0.1) is 5.82 Å². The first-order valence-electron chi connectivity index (χ1n) is 11.9. The monoisotopic (exact) mass is 571 g/mol. The summed E-state index contributed by atoms with van der Waals surface area (Å²) < 4.78 is 35.7. The normalized spacial score (nSPS) is 30.3. The molecule has 2 bridgehead atoms. The maximum absolute atomic E-state index is 15.3. The van der Waals surface area contributed by atoms with Crippen LogP contribution in [0.25, 0.3) is 10.9 Å². The number of fused-ring (bicyclic) bond motifs is 4. The minimum atomic E-state index is -0.945. The molecular formula is C23H25BrClF2N5O3. The zero-order valence-electron chi connectivity index (χ0n) is 18.9. The summed E-state index contributed by atoms with van der Waals surface area (Å²) in [6.07, 6.45) is 2.01. The van der Waals surface area contributed by atoms with Crippen molar-refractivity contribution in [1.82, 2.24) is 19.8 Å². The second-order valence-electron chi connectivity index (χ2n) is 10.1. The standard InChI is InChI=1S/C23H25BrClF2N5O3/c24-17-16(25)6-15-19(18(17)27)28-21(35-11-23-4-1-5-31(23)8-12(26)7-23)29-20(15)32-13-2-3-14(32)10-30(9-13)22(33)34/h6,12-14H,1-5,7-11H2,(H,33,34)/t12-,13?,14?,23+/m1/s1. The first-order valence-corrected chi connectivity index (χ1v) is 13.1. The lowest BCUT2D eigenvalue weighted by molar-refractivity contribution is 0.107. The quantitative estimate of drug-likeness (QED) is 0.542. The third-order valence-electron chi connectivity index (χ3n) is 8.01. The molecule has 1 aromatic heterocycles. The van der Waals surface area contributed by atoms with Crippen LogP contribution in [0.15, 0.2) is 10.5 Å². The number of alkyl halides is 1.